The summed E-state index contributed by atoms with van der Waals surface area (Å²) in [6.07, 6.45) is 3.82. The zero-order valence-corrected chi connectivity index (χ0v) is 19.8. The van der Waals surface area contributed by atoms with E-state index in [9.17, 15) is 23.4 Å². The maximum atomic E-state index is 12.8. The summed E-state index contributed by atoms with van der Waals surface area (Å²) in [7, 11) is 0. The number of aliphatic hydroxyl groups excluding tert-OH is 1. The highest BCUT2D eigenvalue weighted by atomic mass is 19.4. The Labute approximate surface area is 186 Å². The van der Waals surface area contributed by atoms with Crippen molar-refractivity contribution < 1.29 is 23.4 Å². The molecule has 4 aliphatic carbocycles. The van der Waals surface area contributed by atoms with Gasteiger partial charge in [0.25, 0.3) is 0 Å². The Morgan fingerprint density at radius 2 is 1.55 bits per heavy atom. The van der Waals surface area contributed by atoms with Crippen LogP contribution in [0.3, 0.4) is 0 Å². The van der Waals surface area contributed by atoms with Gasteiger partial charge in [0.2, 0.25) is 0 Å². The van der Waals surface area contributed by atoms with Crippen LogP contribution in [0.2, 0.25) is 0 Å². The van der Waals surface area contributed by atoms with Crippen molar-refractivity contribution in [3.05, 3.63) is 0 Å². The molecule has 0 radical (unpaired) electrons. The maximum Gasteiger partial charge on any atom is 0.414 e. The quantitative estimate of drug-likeness (QED) is 0.504. The van der Waals surface area contributed by atoms with Gasteiger partial charge in [0.15, 0.2) is 0 Å². The van der Waals surface area contributed by atoms with Gasteiger partial charge >= 0.3 is 6.18 Å². The zero-order chi connectivity index (χ0) is 22.8. The average Bonchev–Trinajstić information content (AvgIpc) is 3.02. The van der Waals surface area contributed by atoms with E-state index in [0.717, 1.165) is 37.5 Å². The topological polar surface area (TPSA) is 40.5 Å². The van der Waals surface area contributed by atoms with Crippen LogP contribution in [0.5, 0.6) is 0 Å². The molecule has 2 N–H and O–H groups in total. The van der Waals surface area contributed by atoms with Gasteiger partial charge in [-0.1, -0.05) is 20.8 Å². The third kappa shape index (κ3) is 4.09. The molecular formula is C26H43F3O2. The largest absolute Gasteiger partial charge is 0.414 e. The summed E-state index contributed by atoms with van der Waals surface area (Å²) >= 11 is 0. The van der Waals surface area contributed by atoms with Crippen molar-refractivity contribution in [3.63, 3.8) is 0 Å². The number of fused-ring (bicyclic) bond motifs is 5. The van der Waals surface area contributed by atoms with Crippen LogP contribution in [0, 0.1) is 46.3 Å². The van der Waals surface area contributed by atoms with E-state index in [1.165, 1.54) is 32.1 Å². The summed E-state index contributed by atoms with van der Waals surface area (Å²) in [5, 5.41) is 20.1. The Morgan fingerprint density at radius 3 is 2.23 bits per heavy atom. The van der Waals surface area contributed by atoms with Crippen molar-refractivity contribution in [2.24, 2.45) is 46.3 Å². The Balaban J connectivity index is 1.45. The van der Waals surface area contributed by atoms with Gasteiger partial charge in [-0.05, 0) is 124 Å². The molecule has 0 aromatic heterocycles. The summed E-state index contributed by atoms with van der Waals surface area (Å²) in [4.78, 5) is 0. The van der Waals surface area contributed by atoms with E-state index in [2.05, 4.69) is 20.8 Å². The molecule has 0 spiro atoms. The second kappa shape index (κ2) is 7.89. The fraction of sp³-hybridized carbons (Fsp3) is 1.00. The molecule has 0 aliphatic heterocycles. The highest BCUT2D eigenvalue weighted by Crippen LogP contribution is 2.68. The zero-order valence-electron chi connectivity index (χ0n) is 19.8. The summed E-state index contributed by atoms with van der Waals surface area (Å²) in [6.45, 7) is 9.06. The van der Waals surface area contributed by atoms with E-state index in [0.29, 0.717) is 29.6 Å². The Kier molecular flexibility index (Phi) is 6.07. The summed E-state index contributed by atoms with van der Waals surface area (Å²) in [5.41, 5.74) is 0.0647. The van der Waals surface area contributed by atoms with Crippen LogP contribution < -0.4 is 0 Å². The minimum atomic E-state index is -4.50. The van der Waals surface area contributed by atoms with Crippen LogP contribution >= 0.6 is 0 Å². The van der Waals surface area contributed by atoms with Crippen LogP contribution in [0.25, 0.3) is 0 Å². The van der Waals surface area contributed by atoms with E-state index < -0.39 is 17.9 Å². The normalized spacial score (nSPS) is 49.6. The predicted molar refractivity (Wildman–Crippen MR) is 116 cm³/mol. The molecule has 31 heavy (non-hydrogen) atoms. The predicted octanol–water partition coefficient (Wildman–Crippen LogP) is 6.74. The SMILES string of the molecule is CC(CCC(O)C(F)(F)F)C1CC[C@H]2[C@@H]3CC[C@H]4C[C@@](C)(O)CCC4(C)[C@H]3CC[C@]12C. The van der Waals surface area contributed by atoms with Crippen LogP contribution in [-0.2, 0) is 0 Å². The highest BCUT2D eigenvalue weighted by molar-refractivity contribution is 5.10. The second-order valence-electron chi connectivity index (χ2n) is 12.7. The second-order valence-corrected chi connectivity index (χ2v) is 12.7. The van der Waals surface area contributed by atoms with Gasteiger partial charge in [0.1, 0.15) is 6.10 Å². The first-order chi connectivity index (χ1) is 14.3. The van der Waals surface area contributed by atoms with Gasteiger partial charge in [-0.2, -0.15) is 13.2 Å². The summed E-state index contributed by atoms with van der Waals surface area (Å²) < 4.78 is 38.3. The van der Waals surface area contributed by atoms with E-state index in [-0.39, 0.29) is 17.8 Å². The molecule has 4 unspecified atom stereocenters. The molecule has 5 heteroatoms. The van der Waals surface area contributed by atoms with Crippen LogP contribution in [-0.4, -0.2) is 28.1 Å². The third-order valence-electron chi connectivity index (χ3n) is 11.0. The fourth-order valence-corrected chi connectivity index (χ4v) is 9.19. The monoisotopic (exact) mass is 444 g/mol. The number of hydrogen-bond donors (Lipinski definition) is 2. The van der Waals surface area contributed by atoms with Crippen molar-refractivity contribution in [2.45, 2.75) is 116 Å². The molecule has 4 aliphatic rings. The van der Waals surface area contributed by atoms with Gasteiger partial charge < -0.3 is 10.2 Å². The van der Waals surface area contributed by atoms with Crippen LogP contribution in [0.1, 0.15) is 98.3 Å². The van der Waals surface area contributed by atoms with Crippen molar-refractivity contribution in [1.29, 1.82) is 0 Å². The summed E-state index contributed by atoms with van der Waals surface area (Å²) in [6, 6.07) is 0. The van der Waals surface area contributed by atoms with Crippen molar-refractivity contribution in [2.75, 3.05) is 0 Å². The minimum Gasteiger partial charge on any atom is -0.390 e. The molecule has 0 aromatic rings. The summed E-state index contributed by atoms with van der Waals surface area (Å²) in [5.74, 6) is 3.48. The molecular weight excluding hydrogens is 401 g/mol. The Morgan fingerprint density at radius 1 is 0.871 bits per heavy atom. The molecule has 4 fully saturated rings. The van der Waals surface area contributed by atoms with Gasteiger partial charge in [0, 0.05) is 0 Å². The van der Waals surface area contributed by atoms with Gasteiger partial charge in [-0.3, -0.25) is 0 Å². The standard InChI is InChI=1S/C26H43F3O2/c1-16(5-10-22(30)26(27,28)29)19-8-9-20-18-7-6-17-15-23(2,31)13-14-24(17,3)21(18)11-12-25(19,20)4/h16-22,30-31H,5-15H2,1-4H3/t16?,17-,18-,19?,20-,21-,22?,23-,24?,25+/m0/s1. The van der Waals surface area contributed by atoms with Gasteiger partial charge in [-0.25, -0.2) is 0 Å². The Hall–Kier alpha value is -0.290. The minimum absolute atomic E-state index is 0.173. The molecule has 0 saturated heterocycles. The fourth-order valence-electron chi connectivity index (χ4n) is 9.19. The number of aliphatic hydroxyl groups is 2. The van der Waals surface area contributed by atoms with E-state index in [4.69, 9.17) is 0 Å². The van der Waals surface area contributed by atoms with Crippen LogP contribution in [0.15, 0.2) is 0 Å². The lowest BCUT2D eigenvalue weighted by molar-refractivity contribution is -0.206. The molecule has 0 bridgehead atoms. The molecule has 0 amide bonds. The number of halogens is 3. The molecule has 0 aromatic carbocycles. The van der Waals surface area contributed by atoms with E-state index >= 15 is 0 Å². The van der Waals surface area contributed by atoms with Crippen LogP contribution in [0.4, 0.5) is 13.2 Å². The molecule has 4 saturated carbocycles. The van der Waals surface area contributed by atoms with Crippen molar-refractivity contribution >= 4 is 0 Å². The lowest BCUT2D eigenvalue weighted by Crippen LogP contribution is -2.55. The first-order valence-electron chi connectivity index (χ1n) is 12.7. The van der Waals surface area contributed by atoms with E-state index in [1.807, 2.05) is 6.92 Å². The number of alkyl halides is 3. The number of rotatable bonds is 4. The smallest absolute Gasteiger partial charge is 0.390 e. The molecule has 2 nitrogen and oxygen atoms in total. The van der Waals surface area contributed by atoms with Crippen molar-refractivity contribution in [1.82, 2.24) is 0 Å². The maximum absolute atomic E-state index is 12.8. The highest BCUT2D eigenvalue weighted by Gasteiger charge is 2.61. The Bertz CT molecular complexity index is 662. The van der Waals surface area contributed by atoms with E-state index in [1.54, 1.807) is 0 Å². The lowest BCUT2D eigenvalue weighted by Gasteiger charge is -2.62. The molecule has 10 atom stereocenters. The van der Waals surface area contributed by atoms with Crippen molar-refractivity contribution in [3.8, 4) is 0 Å². The molecule has 0 heterocycles. The first kappa shape index (κ1) is 23.9. The average molecular weight is 445 g/mol. The first-order valence-corrected chi connectivity index (χ1v) is 12.7. The molecule has 180 valence electrons. The van der Waals surface area contributed by atoms with Gasteiger partial charge in [-0.15, -0.1) is 0 Å². The number of hydrogen-bond acceptors (Lipinski definition) is 2. The third-order valence-corrected chi connectivity index (χ3v) is 11.0. The molecule has 4 rings (SSSR count). The van der Waals surface area contributed by atoms with Gasteiger partial charge in [0.05, 0.1) is 5.60 Å². The lowest BCUT2D eigenvalue weighted by atomic mass is 9.43.